The van der Waals surface area contributed by atoms with Gasteiger partial charge in [0.05, 0.1) is 28.6 Å². The van der Waals surface area contributed by atoms with Crippen LogP contribution >= 0.6 is 15.9 Å². The lowest BCUT2D eigenvalue weighted by Gasteiger charge is -2.31. The van der Waals surface area contributed by atoms with E-state index in [2.05, 4.69) is 33.3 Å². The lowest BCUT2D eigenvalue weighted by Crippen LogP contribution is -2.41. The van der Waals surface area contributed by atoms with Gasteiger partial charge < -0.3 is 10.1 Å². The summed E-state index contributed by atoms with van der Waals surface area (Å²) in [6.45, 7) is 5.65. The van der Waals surface area contributed by atoms with Crippen molar-refractivity contribution in [2.45, 2.75) is 64.8 Å². The molecule has 2 rings (SSSR count). The predicted octanol–water partition coefficient (Wildman–Crippen LogP) is 3.02. The van der Waals surface area contributed by atoms with Crippen molar-refractivity contribution in [2.24, 2.45) is 0 Å². The Balaban J connectivity index is 2.01. The summed E-state index contributed by atoms with van der Waals surface area (Å²) in [5.41, 5.74) is 2.19. The first-order valence-electron chi connectivity index (χ1n) is 7.18. The highest BCUT2D eigenvalue weighted by atomic mass is 79.9. The molecular formula is C14H24BrN3O. The highest BCUT2D eigenvalue weighted by molar-refractivity contribution is 9.10. The molecule has 1 saturated carbocycles. The first-order valence-corrected chi connectivity index (χ1v) is 7.97. The van der Waals surface area contributed by atoms with Crippen LogP contribution in [0.1, 0.15) is 44.0 Å². The number of aryl methyl sites for hydroxylation is 2. The second-order valence-corrected chi connectivity index (χ2v) is 5.98. The third-order valence-electron chi connectivity index (χ3n) is 3.96. The van der Waals surface area contributed by atoms with Crippen LogP contribution in [0.25, 0.3) is 0 Å². The third-order valence-corrected chi connectivity index (χ3v) is 4.99. The van der Waals surface area contributed by atoms with Gasteiger partial charge in [0, 0.05) is 12.6 Å². The SMILES string of the molecule is CCn1nc(C)c(Br)c1COC1CCCCC1NC. The summed E-state index contributed by atoms with van der Waals surface area (Å²) < 4.78 is 9.27. The molecule has 19 heavy (non-hydrogen) atoms. The van der Waals surface area contributed by atoms with Gasteiger partial charge in [-0.2, -0.15) is 5.10 Å². The minimum atomic E-state index is 0.325. The molecule has 4 nitrogen and oxygen atoms in total. The smallest absolute Gasteiger partial charge is 0.0900 e. The molecular weight excluding hydrogens is 306 g/mol. The van der Waals surface area contributed by atoms with E-state index < -0.39 is 0 Å². The van der Waals surface area contributed by atoms with E-state index in [9.17, 15) is 0 Å². The number of nitrogens with zero attached hydrogens (tertiary/aromatic N) is 2. The molecule has 0 amide bonds. The molecule has 1 N–H and O–H groups in total. The van der Waals surface area contributed by atoms with Crippen LogP contribution in [0.4, 0.5) is 0 Å². The molecule has 0 spiro atoms. The topological polar surface area (TPSA) is 39.1 Å². The zero-order valence-corrected chi connectivity index (χ0v) is 13.7. The van der Waals surface area contributed by atoms with Crippen molar-refractivity contribution in [1.29, 1.82) is 0 Å². The molecule has 108 valence electrons. The van der Waals surface area contributed by atoms with Gasteiger partial charge in [-0.1, -0.05) is 12.8 Å². The second-order valence-electron chi connectivity index (χ2n) is 5.19. The largest absolute Gasteiger partial charge is 0.370 e. The van der Waals surface area contributed by atoms with Crippen LogP contribution in [0.5, 0.6) is 0 Å². The Hall–Kier alpha value is -0.390. The molecule has 0 radical (unpaired) electrons. The normalized spacial score (nSPS) is 23.8. The van der Waals surface area contributed by atoms with Crippen molar-refractivity contribution >= 4 is 15.9 Å². The highest BCUT2D eigenvalue weighted by Gasteiger charge is 2.25. The fourth-order valence-electron chi connectivity index (χ4n) is 2.82. The van der Waals surface area contributed by atoms with E-state index in [1.54, 1.807) is 0 Å². The van der Waals surface area contributed by atoms with E-state index in [-0.39, 0.29) is 0 Å². The van der Waals surface area contributed by atoms with Gasteiger partial charge in [-0.15, -0.1) is 0 Å². The van der Waals surface area contributed by atoms with Gasteiger partial charge in [0.15, 0.2) is 0 Å². The quantitative estimate of drug-likeness (QED) is 0.902. The van der Waals surface area contributed by atoms with Crippen molar-refractivity contribution in [1.82, 2.24) is 15.1 Å². The molecule has 2 atom stereocenters. The first kappa shape index (κ1) is 15.0. The minimum absolute atomic E-state index is 0.325. The van der Waals surface area contributed by atoms with Gasteiger partial charge in [-0.25, -0.2) is 0 Å². The van der Waals surface area contributed by atoms with E-state index in [1.807, 2.05) is 18.7 Å². The van der Waals surface area contributed by atoms with Crippen molar-refractivity contribution < 1.29 is 4.74 Å². The molecule has 1 aliphatic rings. The highest BCUT2D eigenvalue weighted by Crippen LogP contribution is 2.25. The van der Waals surface area contributed by atoms with Crippen molar-refractivity contribution in [3.8, 4) is 0 Å². The summed E-state index contributed by atoms with van der Waals surface area (Å²) >= 11 is 3.62. The predicted molar refractivity (Wildman–Crippen MR) is 80.2 cm³/mol. The zero-order valence-electron chi connectivity index (χ0n) is 12.1. The van der Waals surface area contributed by atoms with Crippen LogP contribution in [-0.4, -0.2) is 29.0 Å². The molecule has 1 aromatic rings. The molecule has 2 unspecified atom stereocenters. The lowest BCUT2D eigenvalue weighted by molar-refractivity contribution is -0.00667. The Morgan fingerprint density at radius 2 is 2.16 bits per heavy atom. The van der Waals surface area contributed by atoms with E-state index in [0.717, 1.165) is 28.8 Å². The Kier molecular flexibility index (Phi) is 5.42. The maximum Gasteiger partial charge on any atom is 0.0900 e. The first-order chi connectivity index (χ1) is 9.17. The molecule has 1 heterocycles. The Bertz CT molecular complexity index is 419. The average molecular weight is 330 g/mol. The number of rotatable bonds is 5. The van der Waals surface area contributed by atoms with Crippen LogP contribution in [0.2, 0.25) is 0 Å². The Morgan fingerprint density at radius 1 is 1.42 bits per heavy atom. The molecule has 0 saturated heterocycles. The van der Waals surface area contributed by atoms with E-state index in [0.29, 0.717) is 18.8 Å². The van der Waals surface area contributed by atoms with Crippen LogP contribution in [0, 0.1) is 6.92 Å². The van der Waals surface area contributed by atoms with Gasteiger partial charge in [-0.05, 0) is 49.7 Å². The number of hydrogen-bond donors (Lipinski definition) is 1. The van der Waals surface area contributed by atoms with E-state index >= 15 is 0 Å². The standard InChI is InChI=1S/C14H24BrN3O/c1-4-18-12(14(15)10(2)17-18)9-19-13-8-6-5-7-11(13)16-3/h11,13,16H,4-9H2,1-3H3. The fraction of sp³-hybridized carbons (Fsp3) is 0.786. The number of hydrogen-bond acceptors (Lipinski definition) is 3. The number of nitrogens with one attached hydrogen (secondary N) is 1. The third kappa shape index (κ3) is 3.38. The maximum absolute atomic E-state index is 6.16. The van der Waals surface area contributed by atoms with Crippen LogP contribution < -0.4 is 5.32 Å². The van der Waals surface area contributed by atoms with E-state index in [4.69, 9.17) is 4.74 Å². The molecule has 1 aromatic heterocycles. The molecule has 1 aliphatic carbocycles. The molecule has 5 heteroatoms. The lowest BCUT2D eigenvalue weighted by atomic mass is 9.92. The Morgan fingerprint density at radius 3 is 2.84 bits per heavy atom. The van der Waals surface area contributed by atoms with Crippen molar-refractivity contribution in [2.75, 3.05) is 7.05 Å². The van der Waals surface area contributed by atoms with Crippen LogP contribution in [-0.2, 0) is 17.9 Å². The fourth-order valence-corrected chi connectivity index (χ4v) is 3.22. The van der Waals surface area contributed by atoms with Gasteiger partial charge >= 0.3 is 0 Å². The molecule has 1 fully saturated rings. The van der Waals surface area contributed by atoms with Gasteiger partial charge in [0.2, 0.25) is 0 Å². The number of aromatic nitrogens is 2. The molecule has 0 aliphatic heterocycles. The van der Waals surface area contributed by atoms with Crippen molar-refractivity contribution in [3.05, 3.63) is 15.9 Å². The average Bonchev–Trinajstić information content (AvgIpc) is 2.72. The summed E-state index contributed by atoms with van der Waals surface area (Å²) in [4.78, 5) is 0. The zero-order chi connectivity index (χ0) is 13.8. The van der Waals surface area contributed by atoms with Gasteiger partial charge in [0.1, 0.15) is 0 Å². The number of likely N-dealkylation sites (N-methyl/N-ethyl adjacent to an activating group) is 1. The van der Waals surface area contributed by atoms with Gasteiger partial charge in [-0.3, -0.25) is 4.68 Å². The van der Waals surface area contributed by atoms with E-state index in [1.165, 1.54) is 19.3 Å². The molecule has 0 aromatic carbocycles. The van der Waals surface area contributed by atoms with Crippen LogP contribution in [0.3, 0.4) is 0 Å². The summed E-state index contributed by atoms with van der Waals surface area (Å²) in [5, 5.41) is 7.89. The maximum atomic E-state index is 6.16. The monoisotopic (exact) mass is 329 g/mol. The summed E-state index contributed by atoms with van der Waals surface area (Å²) in [6, 6.07) is 0.492. The van der Waals surface area contributed by atoms with Gasteiger partial charge in [0.25, 0.3) is 0 Å². The molecule has 0 bridgehead atoms. The second kappa shape index (κ2) is 6.86. The summed E-state index contributed by atoms with van der Waals surface area (Å²) in [7, 11) is 2.03. The van der Waals surface area contributed by atoms with Crippen LogP contribution in [0.15, 0.2) is 4.47 Å². The van der Waals surface area contributed by atoms with Crippen molar-refractivity contribution in [3.63, 3.8) is 0 Å². The summed E-state index contributed by atoms with van der Waals surface area (Å²) in [6.07, 6.45) is 5.28. The number of ether oxygens (including phenoxy) is 1. The Labute approximate surface area is 124 Å². The minimum Gasteiger partial charge on any atom is -0.370 e. The summed E-state index contributed by atoms with van der Waals surface area (Å²) in [5.74, 6) is 0. The number of halogens is 1.